The van der Waals surface area contributed by atoms with E-state index in [1.807, 2.05) is 0 Å². The molecule has 1 unspecified atom stereocenters. The number of carbonyl (C=O) groups is 1. The van der Waals surface area contributed by atoms with Crippen molar-refractivity contribution in [1.29, 1.82) is 0 Å². The number of H-pyrrole nitrogens is 1. The van der Waals surface area contributed by atoms with E-state index in [9.17, 15) is 4.79 Å². The highest BCUT2D eigenvalue weighted by Gasteiger charge is 2.24. The first-order valence-corrected chi connectivity index (χ1v) is 7.48. The van der Waals surface area contributed by atoms with E-state index in [0.717, 1.165) is 19.5 Å². The molecule has 2 aromatic rings. The molecule has 3 heterocycles. The summed E-state index contributed by atoms with van der Waals surface area (Å²) in [5.74, 6) is 1.48. The van der Waals surface area contributed by atoms with Gasteiger partial charge in [0.05, 0.1) is 13.3 Å². The maximum Gasteiger partial charge on any atom is 0.320 e. The van der Waals surface area contributed by atoms with Crippen LogP contribution in [0.3, 0.4) is 0 Å². The number of fused-ring (bicyclic) bond motifs is 1. The first-order chi connectivity index (χ1) is 11.2. The van der Waals surface area contributed by atoms with Gasteiger partial charge in [0, 0.05) is 25.8 Å². The van der Waals surface area contributed by atoms with Crippen LogP contribution in [0.2, 0.25) is 0 Å². The second-order valence-corrected chi connectivity index (χ2v) is 5.50. The van der Waals surface area contributed by atoms with Gasteiger partial charge >= 0.3 is 6.03 Å². The van der Waals surface area contributed by atoms with Crippen LogP contribution in [0.1, 0.15) is 6.42 Å². The monoisotopic (exact) mass is 316 g/mol. The van der Waals surface area contributed by atoms with Crippen LogP contribution >= 0.6 is 0 Å². The molecule has 1 aliphatic rings. The molecule has 1 fully saturated rings. The number of urea groups is 1. The third-order valence-electron chi connectivity index (χ3n) is 3.93. The number of ether oxygens (including phenoxy) is 1. The van der Waals surface area contributed by atoms with Gasteiger partial charge in [-0.3, -0.25) is 5.32 Å². The van der Waals surface area contributed by atoms with Crippen LogP contribution in [0, 0.1) is 5.92 Å². The Hall–Kier alpha value is -2.77. The fourth-order valence-corrected chi connectivity index (χ4v) is 2.64. The summed E-state index contributed by atoms with van der Waals surface area (Å²) < 4.78 is 5.13. The van der Waals surface area contributed by atoms with Gasteiger partial charge in [-0.15, -0.1) is 0 Å². The van der Waals surface area contributed by atoms with Gasteiger partial charge in [0.15, 0.2) is 17.3 Å². The van der Waals surface area contributed by atoms with E-state index in [1.165, 1.54) is 6.20 Å². The molecule has 0 bridgehead atoms. The fourth-order valence-electron chi connectivity index (χ4n) is 2.64. The maximum absolute atomic E-state index is 12.0. The standard InChI is InChI=1S/C15H20N6O2/c1-10(23-2)21-6-4-11(9-21)7-18-15(22)20-13-8-17-14-12(19-13)3-5-16-14/h3,5,8,11H,1,4,6-7,9H2,2H3,(H,16,17)(H2,18,19,20,22). The molecule has 2 aromatic heterocycles. The average Bonchev–Trinajstić information content (AvgIpc) is 3.20. The molecule has 0 spiro atoms. The Labute approximate surface area is 133 Å². The summed E-state index contributed by atoms with van der Waals surface area (Å²) in [5.41, 5.74) is 1.41. The lowest BCUT2D eigenvalue weighted by Gasteiger charge is -2.19. The smallest absolute Gasteiger partial charge is 0.320 e. The molecule has 0 aliphatic carbocycles. The minimum absolute atomic E-state index is 0.279. The van der Waals surface area contributed by atoms with E-state index in [-0.39, 0.29) is 6.03 Å². The molecule has 1 saturated heterocycles. The number of aromatic nitrogens is 3. The molecular weight excluding hydrogens is 296 g/mol. The summed E-state index contributed by atoms with van der Waals surface area (Å²) in [7, 11) is 1.61. The van der Waals surface area contributed by atoms with Crippen LogP contribution in [0.15, 0.2) is 30.9 Å². The highest BCUT2D eigenvalue weighted by atomic mass is 16.5. The van der Waals surface area contributed by atoms with Crippen molar-refractivity contribution in [3.05, 3.63) is 30.9 Å². The van der Waals surface area contributed by atoms with Gasteiger partial charge in [-0.05, 0) is 25.0 Å². The van der Waals surface area contributed by atoms with E-state index < -0.39 is 0 Å². The minimum Gasteiger partial charge on any atom is -0.483 e. The maximum atomic E-state index is 12.0. The number of methoxy groups -OCH3 is 1. The molecule has 122 valence electrons. The van der Waals surface area contributed by atoms with Crippen LogP contribution in [-0.4, -0.2) is 52.6 Å². The zero-order chi connectivity index (χ0) is 16.2. The third kappa shape index (κ3) is 3.53. The topological polar surface area (TPSA) is 95.2 Å². The van der Waals surface area contributed by atoms with Gasteiger partial charge in [0.1, 0.15) is 5.52 Å². The van der Waals surface area contributed by atoms with Crippen molar-refractivity contribution in [2.45, 2.75) is 6.42 Å². The zero-order valence-electron chi connectivity index (χ0n) is 13.0. The normalized spacial score (nSPS) is 17.3. The second-order valence-electron chi connectivity index (χ2n) is 5.50. The lowest BCUT2D eigenvalue weighted by molar-refractivity contribution is 0.172. The van der Waals surface area contributed by atoms with Crippen molar-refractivity contribution in [2.75, 3.05) is 32.1 Å². The van der Waals surface area contributed by atoms with E-state index in [0.29, 0.717) is 35.3 Å². The number of aromatic amines is 1. The van der Waals surface area contributed by atoms with Crippen LogP contribution in [-0.2, 0) is 4.74 Å². The highest BCUT2D eigenvalue weighted by Crippen LogP contribution is 2.19. The molecule has 8 heteroatoms. The number of nitrogens with zero attached hydrogens (tertiary/aromatic N) is 3. The number of rotatable bonds is 5. The molecule has 3 N–H and O–H groups in total. The average molecular weight is 316 g/mol. The number of carbonyl (C=O) groups excluding carboxylic acids is 1. The van der Waals surface area contributed by atoms with Crippen molar-refractivity contribution in [3.63, 3.8) is 0 Å². The first kappa shape index (κ1) is 15.1. The number of hydrogen-bond acceptors (Lipinski definition) is 5. The number of likely N-dealkylation sites (tertiary alicyclic amines) is 1. The highest BCUT2D eigenvalue weighted by molar-refractivity contribution is 5.89. The summed E-state index contributed by atoms with van der Waals surface area (Å²) in [5, 5.41) is 5.57. The van der Waals surface area contributed by atoms with Gasteiger partial charge in [-0.25, -0.2) is 14.8 Å². The number of hydrogen-bond donors (Lipinski definition) is 3. The van der Waals surface area contributed by atoms with Gasteiger partial charge in [-0.1, -0.05) is 0 Å². The quantitative estimate of drug-likeness (QED) is 0.727. The minimum atomic E-state index is -0.279. The zero-order valence-corrected chi connectivity index (χ0v) is 13.0. The molecule has 23 heavy (non-hydrogen) atoms. The second kappa shape index (κ2) is 6.55. The summed E-state index contributed by atoms with van der Waals surface area (Å²) in [6.07, 6.45) is 4.28. The Balaban J connectivity index is 1.47. The number of nitrogens with one attached hydrogen (secondary N) is 3. The Bertz CT molecular complexity index is 713. The van der Waals surface area contributed by atoms with E-state index in [4.69, 9.17) is 4.74 Å². The van der Waals surface area contributed by atoms with Crippen LogP contribution in [0.25, 0.3) is 11.2 Å². The lowest BCUT2D eigenvalue weighted by Crippen LogP contribution is -2.34. The van der Waals surface area contributed by atoms with Crippen molar-refractivity contribution < 1.29 is 9.53 Å². The molecule has 1 aliphatic heterocycles. The van der Waals surface area contributed by atoms with E-state index >= 15 is 0 Å². The number of anilines is 1. The first-order valence-electron chi connectivity index (χ1n) is 7.48. The van der Waals surface area contributed by atoms with Gasteiger partial charge in [0.2, 0.25) is 0 Å². The molecule has 0 radical (unpaired) electrons. The van der Waals surface area contributed by atoms with Crippen molar-refractivity contribution in [2.24, 2.45) is 5.92 Å². The summed E-state index contributed by atoms with van der Waals surface area (Å²) in [4.78, 5) is 25.5. The SMILES string of the molecule is C=C(OC)N1CCC(CNC(=O)Nc2cnc3[nH]ccc3n2)C1. The van der Waals surface area contributed by atoms with Gasteiger partial charge in [0.25, 0.3) is 0 Å². The summed E-state index contributed by atoms with van der Waals surface area (Å²) in [6, 6.07) is 1.53. The molecule has 1 atom stereocenters. The van der Waals surface area contributed by atoms with Crippen molar-refractivity contribution in [1.82, 2.24) is 25.2 Å². The lowest BCUT2D eigenvalue weighted by atomic mass is 10.1. The predicted molar refractivity (Wildman–Crippen MR) is 86.7 cm³/mol. The van der Waals surface area contributed by atoms with Crippen LogP contribution < -0.4 is 10.6 Å². The molecule has 0 aromatic carbocycles. The Kier molecular flexibility index (Phi) is 4.31. The van der Waals surface area contributed by atoms with E-state index in [1.54, 1.807) is 19.4 Å². The molecule has 0 saturated carbocycles. The van der Waals surface area contributed by atoms with Crippen LogP contribution in [0.5, 0.6) is 0 Å². The Morgan fingerprint density at radius 1 is 1.61 bits per heavy atom. The van der Waals surface area contributed by atoms with Crippen LogP contribution in [0.4, 0.5) is 10.6 Å². The molecule has 2 amide bonds. The Morgan fingerprint density at radius 3 is 3.30 bits per heavy atom. The van der Waals surface area contributed by atoms with E-state index in [2.05, 4.69) is 37.1 Å². The van der Waals surface area contributed by atoms with Crippen molar-refractivity contribution in [3.8, 4) is 0 Å². The molecular formula is C15H20N6O2. The third-order valence-corrected chi connectivity index (χ3v) is 3.93. The molecule has 3 rings (SSSR count). The molecule has 8 nitrogen and oxygen atoms in total. The van der Waals surface area contributed by atoms with Gasteiger partial charge < -0.3 is 19.9 Å². The largest absolute Gasteiger partial charge is 0.483 e. The van der Waals surface area contributed by atoms with Gasteiger partial charge in [-0.2, -0.15) is 0 Å². The fraction of sp³-hybridized carbons (Fsp3) is 0.400. The predicted octanol–water partition coefficient (Wildman–Crippen LogP) is 1.52. The number of amides is 2. The van der Waals surface area contributed by atoms with Crippen molar-refractivity contribution >= 4 is 23.0 Å². The Morgan fingerprint density at radius 2 is 2.48 bits per heavy atom. The summed E-state index contributed by atoms with van der Waals surface area (Å²) >= 11 is 0. The summed E-state index contributed by atoms with van der Waals surface area (Å²) in [6.45, 7) is 6.18.